The van der Waals surface area contributed by atoms with Gasteiger partial charge in [0.15, 0.2) is 0 Å². The van der Waals surface area contributed by atoms with E-state index in [4.69, 9.17) is 0 Å². The summed E-state index contributed by atoms with van der Waals surface area (Å²) in [5.41, 5.74) is 1.02. The fourth-order valence-electron chi connectivity index (χ4n) is 2.39. The minimum absolute atomic E-state index is 0.231. The molecular formula is C14H21FN4O. The van der Waals surface area contributed by atoms with Crippen molar-refractivity contribution in [2.75, 3.05) is 18.9 Å². The number of hydrogen-bond donors (Lipinski definition) is 1. The second-order valence-electron chi connectivity index (χ2n) is 5.57. The molecule has 0 saturated carbocycles. The first-order valence-corrected chi connectivity index (χ1v) is 6.77. The van der Waals surface area contributed by atoms with Crippen molar-refractivity contribution in [1.29, 1.82) is 0 Å². The summed E-state index contributed by atoms with van der Waals surface area (Å²) in [5, 5.41) is 6.91. The van der Waals surface area contributed by atoms with Crippen molar-refractivity contribution in [3.8, 4) is 0 Å². The predicted octanol–water partition coefficient (Wildman–Crippen LogP) is 2.00. The summed E-state index contributed by atoms with van der Waals surface area (Å²) in [6, 6.07) is 0.00209. The first-order valence-electron chi connectivity index (χ1n) is 6.77. The van der Waals surface area contributed by atoms with Gasteiger partial charge in [-0.3, -0.25) is 14.4 Å². The number of carbonyl (C=O) groups excluding carboxylic acids is 1. The highest BCUT2D eigenvalue weighted by Gasteiger charge is 2.33. The molecule has 0 unspecified atom stereocenters. The number of halogens is 1. The van der Waals surface area contributed by atoms with Gasteiger partial charge in [0.05, 0.1) is 11.9 Å². The van der Waals surface area contributed by atoms with Crippen LogP contribution >= 0.6 is 0 Å². The van der Waals surface area contributed by atoms with Crippen LogP contribution in [0.4, 0.5) is 10.1 Å². The Morgan fingerprint density at radius 1 is 1.60 bits per heavy atom. The highest BCUT2D eigenvalue weighted by Crippen LogP contribution is 2.24. The zero-order valence-electron chi connectivity index (χ0n) is 12.1. The van der Waals surface area contributed by atoms with Crippen molar-refractivity contribution >= 4 is 11.6 Å². The van der Waals surface area contributed by atoms with Gasteiger partial charge in [-0.2, -0.15) is 5.10 Å². The van der Waals surface area contributed by atoms with Gasteiger partial charge in [0.25, 0.3) is 5.91 Å². The number of anilines is 1. The van der Waals surface area contributed by atoms with Gasteiger partial charge in [-0.1, -0.05) is 6.58 Å². The smallest absolute Gasteiger partial charge is 0.252 e. The van der Waals surface area contributed by atoms with Crippen molar-refractivity contribution in [3.63, 3.8) is 0 Å². The van der Waals surface area contributed by atoms with E-state index in [9.17, 15) is 9.18 Å². The number of carbonyl (C=O) groups is 1. The predicted molar refractivity (Wildman–Crippen MR) is 76.3 cm³/mol. The summed E-state index contributed by atoms with van der Waals surface area (Å²) < 4.78 is 15.1. The molecule has 0 radical (unpaired) electrons. The van der Waals surface area contributed by atoms with Crippen LogP contribution in [-0.2, 0) is 4.79 Å². The van der Waals surface area contributed by atoms with E-state index in [2.05, 4.69) is 17.0 Å². The molecule has 0 spiro atoms. The first-order chi connectivity index (χ1) is 9.38. The topological polar surface area (TPSA) is 50.2 Å². The van der Waals surface area contributed by atoms with Crippen LogP contribution in [0.15, 0.2) is 24.5 Å². The van der Waals surface area contributed by atoms with E-state index >= 15 is 0 Å². The normalized spacial score (nSPS) is 23.2. The molecule has 110 valence electrons. The standard InChI is InChI=1S/C14H21FN4O/c1-9(2)19-8-12(6-16-19)17-14(20)10(3)13-5-11(15)7-18(13)4/h6,8-9,11,13H,3,5,7H2,1-2,4H3,(H,17,20)/t11-,13+/m1/s1. The highest BCUT2D eigenvalue weighted by molar-refractivity contribution is 6.04. The molecule has 1 aliphatic heterocycles. The molecule has 20 heavy (non-hydrogen) atoms. The Bertz CT molecular complexity index is 511. The lowest BCUT2D eigenvalue weighted by atomic mass is 10.1. The van der Waals surface area contributed by atoms with E-state index in [0.717, 1.165) is 0 Å². The SMILES string of the molecule is C=C(C(=O)Nc1cnn(C(C)C)c1)[C@@H]1C[C@@H](F)CN1C. The lowest BCUT2D eigenvalue weighted by Gasteiger charge is -2.20. The van der Waals surface area contributed by atoms with Crippen LogP contribution in [0.1, 0.15) is 26.3 Å². The van der Waals surface area contributed by atoms with Gasteiger partial charge in [-0.15, -0.1) is 0 Å². The van der Waals surface area contributed by atoms with Gasteiger partial charge in [0.2, 0.25) is 0 Å². The van der Waals surface area contributed by atoms with Gasteiger partial charge in [0, 0.05) is 30.4 Å². The van der Waals surface area contributed by atoms with Crippen LogP contribution in [0.5, 0.6) is 0 Å². The second-order valence-corrected chi connectivity index (χ2v) is 5.57. The molecule has 2 rings (SSSR count). The van der Waals surface area contributed by atoms with Crippen LogP contribution in [-0.4, -0.2) is 46.4 Å². The quantitative estimate of drug-likeness (QED) is 0.858. The van der Waals surface area contributed by atoms with Gasteiger partial charge < -0.3 is 5.32 Å². The van der Waals surface area contributed by atoms with Crippen molar-refractivity contribution in [1.82, 2.24) is 14.7 Å². The van der Waals surface area contributed by atoms with Crippen molar-refractivity contribution in [2.24, 2.45) is 0 Å². The molecule has 1 aromatic rings. The first kappa shape index (κ1) is 14.7. The Hall–Kier alpha value is -1.69. The maximum Gasteiger partial charge on any atom is 0.252 e. The number of likely N-dealkylation sites (tertiary alicyclic amines) is 1. The van der Waals surface area contributed by atoms with E-state index < -0.39 is 6.17 Å². The fourth-order valence-corrected chi connectivity index (χ4v) is 2.39. The molecule has 1 aliphatic rings. The number of nitrogens with zero attached hydrogens (tertiary/aromatic N) is 3. The maximum absolute atomic E-state index is 13.3. The number of likely N-dealkylation sites (N-methyl/N-ethyl adjacent to an activating group) is 1. The summed E-state index contributed by atoms with van der Waals surface area (Å²) in [5.74, 6) is -0.278. The minimum Gasteiger partial charge on any atom is -0.320 e. The molecule has 0 bridgehead atoms. The maximum atomic E-state index is 13.3. The van der Waals surface area contributed by atoms with E-state index in [-0.39, 0.29) is 18.0 Å². The minimum atomic E-state index is -0.891. The summed E-state index contributed by atoms with van der Waals surface area (Å²) >= 11 is 0. The number of alkyl halides is 1. The second kappa shape index (κ2) is 5.75. The fraction of sp³-hybridized carbons (Fsp3) is 0.571. The molecule has 1 N–H and O–H groups in total. The van der Waals surface area contributed by atoms with Crippen LogP contribution in [0, 0.1) is 0 Å². The Morgan fingerprint density at radius 2 is 2.30 bits per heavy atom. The zero-order chi connectivity index (χ0) is 14.9. The number of rotatable bonds is 4. The summed E-state index contributed by atoms with van der Waals surface area (Å²) in [7, 11) is 1.81. The van der Waals surface area contributed by atoms with E-state index in [1.165, 1.54) is 0 Å². The molecule has 5 nitrogen and oxygen atoms in total. The molecule has 1 amide bonds. The Kier molecular flexibility index (Phi) is 4.23. The third-order valence-electron chi connectivity index (χ3n) is 3.58. The molecule has 0 aliphatic carbocycles. The van der Waals surface area contributed by atoms with Gasteiger partial charge >= 0.3 is 0 Å². The third-order valence-corrected chi connectivity index (χ3v) is 3.58. The van der Waals surface area contributed by atoms with Gasteiger partial charge in [0.1, 0.15) is 6.17 Å². The van der Waals surface area contributed by atoms with Gasteiger partial charge in [-0.05, 0) is 27.3 Å². The van der Waals surface area contributed by atoms with E-state index in [1.807, 2.05) is 18.7 Å². The van der Waals surface area contributed by atoms with Crippen LogP contribution in [0.3, 0.4) is 0 Å². The molecule has 2 atom stereocenters. The van der Waals surface area contributed by atoms with E-state index in [0.29, 0.717) is 24.2 Å². The lowest BCUT2D eigenvalue weighted by molar-refractivity contribution is -0.113. The molecular weight excluding hydrogens is 259 g/mol. The monoisotopic (exact) mass is 280 g/mol. The number of nitrogens with one attached hydrogen (secondary N) is 1. The summed E-state index contributed by atoms with van der Waals surface area (Å²) in [6.07, 6.45) is 2.81. The Morgan fingerprint density at radius 3 is 2.80 bits per heavy atom. The Balaban J connectivity index is 1.99. The van der Waals surface area contributed by atoms with Crippen molar-refractivity contribution in [2.45, 2.75) is 38.5 Å². The zero-order valence-corrected chi connectivity index (χ0v) is 12.1. The molecule has 6 heteroatoms. The van der Waals surface area contributed by atoms with E-state index in [1.54, 1.807) is 24.1 Å². The summed E-state index contributed by atoms with van der Waals surface area (Å²) in [4.78, 5) is 14.0. The molecule has 1 fully saturated rings. The number of hydrogen-bond acceptors (Lipinski definition) is 3. The van der Waals surface area contributed by atoms with Gasteiger partial charge in [-0.25, -0.2) is 4.39 Å². The molecule has 0 aromatic carbocycles. The molecule has 1 saturated heterocycles. The third kappa shape index (κ3) is 3.07. The average molecular weight is 280 g/mol. The average Bonchev–Trinajstić information content (AvgIpc) is 2.95. The van der Waals surface area contributed by atoms with Crippen LogP contribution < -0.4 is 5.32 Å². The highest BCUT2D eigenvalue weighted by atomic mass is 19.1. The molecule has 1 aromatic heterocycles. The van der Waals surface area contributed by atoms with Crippen molar-refractivity contribution in [3.05, 3.63) is 24.5 Å². The number of aromatic nitrogens is 2. The largest absolute Gasteiger partial charge is 0.320 e. The molecule has 2 heterocycles. The lowest BCUT2D eigenvalue weighted by Crippen LogP contribution is -2.32. The van der Waals surface area contributed by atoms with Crippen molar-refractivity contribution < 1.29 is 9.18 Å². The Labute approximate surface area is 118 Å². The van der Waals surface area contributed by atoms with Crippen LogP contribution in [0.2, 0.25) is 0 Å². The number of amides is 1. The van der Waals surface area contributed by atoms with Crippen LogP contribution in [0.25, 0.3) is 0 Å². The summed E-state index contributed by atoms with van der Waals surface area (Å²) in [6.45, 7) is 8.17.